The van der Waals surface area contributed by atoms with Crippen LogP contribution in [0.15, 0.2) is 102 Å². The van der Waals surface area contributed by atoms with Crippen LogP contribution in [-0.2, 0) is 0 Å². The molecule has 0 aliphatic heterocycles. The fraction of sp³-hybridized carbons (Fsp3) is 0.333. The summed E-state index contributed by atoms with van der Waals surface area (Å²) in [5.41, 5.74) is 7.67. The van der Waals surface area contributed by atoms with Crippen LogP contribution in [0.2, 0.25) is 0 Å². The molecule has 0 aliphatic carbocycles. The highest BCUT2D eigenvalue weighted by atomic mass is 31.2. The van der Waals surface area contributed by atoms with Gasteiger partial charge in [-0.25, -0.2) is 4.74 Å². The average molecular weight is 537 g/mol. The SMILES string of the molecule is CC(C)c1cccc(C(C)C)c1N=P(Nc1c(C(C)C)cccc1C(C)C)(c1ccccc1)c1ccccc1. The Morgan fingerprint density at radius 2 is 0.821 bits per heavy atom. The molecule has 0 fully saturated rings. The van der Waals surface area contributed by atoms with E-state index in [0.717, 1.165) is 5.69 Å². The summed E-state index contributed by atoms with van der Waals surface area (Å²) < 4.78 is 5.97. The number of benzene rings is 4. The van der Waals surface area contributed by atoms with Crippen molar-refractivity contribution in [2.75, 3.05) is 5.09 Å². The molecule has 0 aromatic heterocycles. The molecule has 0 radical (unpaired) electrons. The van der Waals surface area contributed by atoms with Crippen molar-refractivity contribution < 1.29 is 0 Å². The maximum Gasteiger partial charge on any atom is 0.115 e. The standard InChI is InChI=1S/C36H45N2P/c1-25(2)31-21-15-22-32(26(3)4)35(31)37-39(29-17-11-9-12-18-29,30-19-13-10-14-20-30)38-36-33(27(5)6)23-16-24-34(36)28(7)8/h9-28,37H,1-8H3. The molecule has 0 saturated carbocycles. The minimum Gasteiger partial charge on any atom is -0.345 e. The first-order valence-corrected chi connectivity index (χ1v) is 16.2. The average Bonchev–Trinajstić information content (AvgIpc) is 2.93. The molecule has 4 aromatic carbocycles. The van der Waals surface area contributed by atoms with Crippen molar-refractivity contribution in [2.24, 2.45) is 4.74 Å². The first-order valence-electron chi connectivity index (χ1n) is 14.4. The van der Waals surface area contributed by atoms with E-state index in [2.05, 4.69) is 158 Å². The first kappa shape index (κ1) is 28.9. The summed E-state index contributed by atoms with van der Waals surface area (Å²) >= 11 is 0. The van der Waals surface area contributed by atoms with Gasteiger partial charge in [-0.1, -0.05) is 152 Å². The minimum absolute atomic E-state index is 0.366. The van der Waals surface area contributed by atoms with Gasteiger partial charge in [0.1, 0.15) is 7.21 Å². The molecule has 0 unspecified atom stereocenters. The molecular weight excluding hydrogens is 491 g/mol. The lowest BCUT2D eigenvalue weighted by molar-refractivity contribution is 0.835. The molecule has 1 N–H and O–H groups in total. The molecule has 4 rings (SSSR count). The minimum atomic E-state index is -2.54. The Labute approximate surface area is 237 Å². The second kappa shape index (κ2) is 12.4. The Morgan fingerprint density at radius 1 is 0.462 bits per heavy atom. The summed E-state index contributed by atoms with van der Waals surface area (Å²) in [6.07, 6.45) is 0. The van der Waals surface area contributed by atoms with Gasteiger partial charge in [0.25, 0.3) is 0 Å². The van der Waals surface area contributed by atoms with Gasteiger partial charge in [0.05, 0.1) is 5.69 Å². The van der Waals surface area contributed by atoms with Gasteiger partial charge in [0, 0.05) is 16.3 Å². The summed E-state index contributed by atoms with van der Waals surface area (Å²) in [4.78, 5) is 0. The third-order valence-electron chi connectivity index (χ3n) is 7.50. The Morgan fingerprint density at radius 3 is 1.18 bits per heavy atom. The van der Waals surface area contributed by atoms with E-state index in [-0.39, 0.29) is 0 Å². The molecule has 0 aliphatic rings. The molecule has 4 aromatic rings. The maximum absolute atomic E-state index is 5.97. The summed E-state index contributed by atoms with van der Waals surface area (Å²) in [6, 6.07) is 35.4. The molecule has 39 heavy (non-hydrogen) atoms. The fourth-order valence-corrected chi connectivity index (χ4v) is 8.48. The van der Waals surface area contributed by atoms with Gasteiger partial charge in [-0.15, -0.1) is 0 Å². The summed E-state index contributed by atoms with van der Waals surface area (Å²) in [5, 5.41) is 6.72. The number of nitrogens with one attached hydrogen (secondary N) is 1. The van der Waals surface area contributed by atoms with E-state index in [1.807, 2.05) is 0 Å². The van der Waals surface area contributed by atoms with Crippen molar-refractivity contribution in [2.45, 2.75) is 79.1 Å². The van der Waals surface area contributed by atoms with E-state index in [1.165, 1.54) is 38.6 Å². The predicted octanol–water partition coefficient (Wildman–Crippen LogP) is 10.7. The van der Waals surface area contributed by atoms with Crippen molar-refractivity contribution in [3.8, 4) is 0 Å². The van der Waals surface area contributed by atoms with Crippen LogP contribution >= 0.6 is 7.21 Å². The van der Waals surface area contributed by atoms with Gasteiger partial charge in [0.2, 0.25) is 0 Å². The monoisotopic (exact) mass is 536 g/mol. The molecule has 0 amide bonds. The van der Waals surface area contributed by atoms with E-state index in [0.29, 0.717) is 23.7 Å². The number of nitrogens with zero attached hydrogens (tertiary/aromatic N) is 1. The topological polar surface area (TPSA) is 24.4 Å². The number of para-hydroxylation sites is 1. The molecule has 0 heterocycles. The van der Waals surface area contributed by atoms with Crippen molar-refractivity contribution >= 4 is 29.2 Å². The lowest BCUT2D eigenvalue weighted by Crippen LogP contribution is -2.23. The molecule has 0 saturated heterocycles. The zero-order chi connectivity index (χ0) is 28.2. The van der Waals surface area contributed by atoms with Crippen LogP contribution in [0.25, 0.3) is 0 Å². The zero-order valence-electron chi connectivity index (χ0n) is 24.9. The summed E-state index contributed by atoms with van der Waals surface area (Å²) in [7, 11) is -2.54. The highest BCUT2D eigenvalue weighted by Gasteiger charge is 2.29. The summed E-state index contributed by atoms with van der Waals surface area (Å²) in [5.74, 6) is 1.50. The third-order valence-corrected chi connectivity index (χ3v) is 10.6. The van der Waals surface area contributed by atoms with Crippen molar-refractivity contribution in [1.82, 2.24) is 0 Å². The molecule has 2 nitrogen and oxygen atoms in total. The Hall–Kier alpha value is -3.09. The van der Waals surface area contributed by atoms with E-state index in [9.17, 15) is 0 Å². The quantitative estimate of drug-likeness (QED) is 0.211. The number of hydrogen-bond donors (Lipinski definition) is 1. The Balaban J connectivity index is 2.20. The molecule has 0 bridgehead atoms. The van der Waals surface area contributed by atoms with E-state index >= 15 is 0 Å². The molecular formula is C36H45N2P. The highest BCUT2D eigenvalue weighted by Crippen LogP contribution is 2.54. The van der Waals surface area contributed by atoms with E-state index < -0.39 is 7.21 Å². The van der Waals surface area contributed by atoms with Gasteiger partial charge in [-0.05, 0) is 45.9 Å². The van der Waals surface area contributed by atoms with Crippen LogP contribution in [-0.4, -0.2) is 0 Å². The lowest BCUT2D eigenvalue weighted by Gasteiger charge is -2.33. The fourth-order valence-electron chi connectivity index (χ4n) is 5.33. The van der Waals surface area contributed by atoms with E-state index in [4.69, 9.17) is 4.74 Å². The van der Waals surface area contributed by atoms with E-state index in [1.54, 1.807) is 0 Å². The second-order valence-corrected chi connectivity index (χ2v) is 14.5. The van der Waals surface area contributed by atoms with Gasteiger partial charge < -0.3 is 5.09 Å². The van der Waals surface area contributed by atoms with Crippen LogP contribution in [0.1, 0.15) is 101 Å². The van der Waals surface area contributed by atoms with Crippen LogP contribution < -0.4 is 15.7 Å². The Bertz CT molecular complexity index is 1340. The maximum atomic E-state index is 5.97. The van der Waals surface area contributed by atoms with Crippen LogP contribution in [0, 0.1) is 0 Å². The van der Waals surface area contributed by atoms with Gasteiger partial charge >= 0.3 is 0 Å². The molecule has 0 atom stereocenters. The number of anilines is 1. The lowest BCUT2D eigenvalue weighted by atomic mass is 9.93. The largest absolute Gasteiger partial charge is 0.345 e. The van der Waals surface area contributed by atoms with Crippen LogP contribution in [0.5, 0.6) is 0 Å². The van der Waals surface area contributed by atoms with Crippen molar-refractivity contribution in [1.29, 1.82) is 0 Å². The number of rotatable bonds is 9. The first-order chi connectivity index (χ1) is 18.7. The Kier molecular flexibility index (Phi) is 9.19. The van der Waals surface area contributed by atoms with Crippen LogP contribution in [0.3, 0.4) is 0 Å². The normalized spacial score (nSPS) is 12.0. The predicted molar refractivity (Wildman–Crippen MR) is 174 cm³/mol. The molecule has 204 valence electrons. The van der Waals surface area contributed by atoms with Crippen LogP contribution in [0.4, 0.5) is 11.4 Å². The molecule has 0 spiro atoms. The molecule has 3 heteroatoms. The summed E-state index contributed by atoms with van der Waals surface area (Å²) in [6.45, 7) is 18.3. The van der Waals surface area contributed by atoms with Gasteiger partial charge in [-0.3, -0.25) is 0 Å². The van der Waals surface area contributed by atoms with Crippen molar-refractivity contribution in [3.05, 3.63) is 119 Å². The van der Waals surface area contributed by atoms with Gasteiger partial charge in [0.15, 0.2) is 0 Å². The third kappa shape index (κ3) is 6.07. The second-order valence-electron chi connectivity index (χ2n) is 11.7. The van der Waals surface area contributed by atoms with Gasteiger partial charge in [-0.2, -0.15) is 0 Å². The highest BCUT2D eigenvalue weighted by molar-refractivity contribution is 7.82. The number of hydrogen-bond acceptors (Lipinski definition) is 1. The zero-order valence-corrected chi connectivity index (χ0v) is 25.8. The smallest absolute Gasteiger partial charge is 0.115 e. The van der Waals surface area contributed by atoms with Crippen molar-refractivity contribution in [3.63, 3.8) is 0 Å².